The fourth-order valence-corrected chi connectivity index (χ4v) is 3.59. The van der Waals surface area contributed by atoms with Crippen molar-refractivity contribution in [3.8, 4) is 0 Å². The molecule has 1 aliphatic rings. The Balaban J connectivity index is 1.66. The second kappa shape index (κ2) is 6.83. The fourth-order valence-electron chi connectivity index (χ4n) is 3.59. The van der Waals surface area contributed by atoms with E-state index in [2.05, 4.69) is 10.2 Å². The van der Waals surface area contributed by atoms with E-state index in [0.717, 1.165) is 42.6 Å². The highest BCUT2D eigenvalue weighted by Gasteiger charge is 2.21. The van der Waals surface area contributed by atoms with Gasteiger partial charge >= 0.3 is 0 Å². The summed E-state index contributed by atoms with van der Waals surface area (Å²) < 4.78 is 19.5. The van der Waals surface area contributed by atoms with Gasteiger partial charge in [-0.05, 0) is 50.5 Å². The number of aryl methyl sites for hydroxylation is 1. The van der Waals surface area contributed by atoms with Crippen molar-refractivity contribution in [3.63, 3.8) is 0 Å². The molecule has 0 unspecified atom stereocenters. The molecule has 0 saturated carbocycles. The monoisotopic (exact) mass is 352 g/mol. The first-order valence-corrected chi connectivity index (χ1v) is 8.97. The van der Waals surface area contributed by atoms with Gasteiger partial charge in [0.15, 0.2) is 5.76 Å². The molecule has 4 nitrogen and oxygen atoms in total. The minimum Gasteiger partial charge on any atom is -0.451 e. The Bertz CT molecular complexity index is 958. The number of fused-ring (bicyclic) bond motifs is 1. The molecule has 4 rings (SSSR count). The number of hydrogen-bond acceptors (Lipinski definition) is 3. The standard InChI is InChI=1S/C21H21FN2O2/c1-14-16-7-3-4-8-19(16)26-20(14)21(25)23-17-13-15(22)9-10-18(17)24-11-5-2-6-12-24/h3-4,7-10,13H,2,5-6,11-12H2,1H3,(H,23,25). The van der Waals surface area contributed by atoms with Crippen LogP contribution in [0.3, 0.4) is 0 Å². The molecule has 1 aliphatic heterocycles. The van der Waals surface area contributed by atoms with Crippen LogP contribution >= 0.6 is 0 Å². The summed E-state index contributed by atoms with van der Waals surface area (Å²) in [5.74, 6) is -0.468. The Kier molecular flexibility index (Phi) is 4.37. The van der Waals surface area contributed by atoms with Crippen molar-refractivity contribution in [2.45, 2.75) is 26.2 Å². The van der Waals surface area contributed by atoms with Gasteiger partial charge in [0, 0.05) is 24.0 Å². The zero-order chi connectivity index (χ0) is 18.1. The molecule has 5 heteroatoms. The van der Waals surface area contributed by atoms with E-state index in [1.807, 2.05) is 31.2 Å². The smallest absolute Gasteiger partial charge is 0.291 e. The van der Waals surface area contributed by atoms with Crippen LogP contribution in [0.4, 0.5) is 15.8 Å². The number of para-hydroxylation sites is 1. The maximum atomic E-state index is 13.8. The highest BCUT2D eigenvalue weighted by molar-refractivity contribution is 6.07. The van der Waals surface area contributed by atoms with Gasteiger partial charge < -0.3 is 14.6 Å². The van der Waals surface area contributed by atoms with Crippen LogP contribution in [-0.4, -0.2) is 19.0 Å². The van der Waals surface area contributed by atoms with Crippen molar-refractivity contribution in [2.24, 2.45) is 0 Å². The first-order chi connectivity index (χ1) is 12.6. The summed E-state index contributed by atoms with van der Waals surface area (Å²) in [5.41, 5.74) is 2.80. The quantitative estimate of drug-likeness (QED) is 0.711. The number of hydrogen-bond donors (Lipinski definition) is 1. The number of amides is 1. The summed E-state index contributed by atoms with van der Waals surface area (Å²) in [4.78, 5) is 15.0. The van der Waals surface area contributed by atoms with E-state index in [9.17, 15) is 9.18 Å². The van der Waals surface area contributed by atoms with Gasteiger partial charge in [0.25, 0.3) is 5.91 Å². The topological polar surface area (TPSA) is 45.5 Å². The lowest BCUT2D eigenvalue weighted by molar-refractivity contribution is 0.0998. The van der Waals surface area contributed by atoms with Crippen LogP contribution in [0.25, 0.3) is 11.0 Å². The van der Waals surface area contributed by atoms with Crippen LogP contribution in [0, 0.1) is 12.7 Å². The van der Waals surface area contributed by atoms with Crippen LogP contribution < -0.4 is 10.2 Å². The Labute approximate surface area is 151 Å². The van der Waals surface area contributed by atoms with Crippen molar-refractivity contribution < 1.29 is 13.6 Å². The van der Waals surface area contributed by atoms with Crippen LogP contribution in [0.2, 0.25) is 0 Å². The number of nitrogens with one attached hydrogen (secondary N) is 1. The van der Waals surface area contributed by atoms with Gasteiger partial charge in [0.05, 0.1) is 11.4 Å². The first kappa shape index (κ1) is 16.6. The number of furan rings is 1. The van der Waals surface area contributed by atoms with Gasteiger partial charge in [-0.15, -0.1) is 0 Å². The number of benzene rings is 2. The van der Waals surface area contributed by atoms with E-state index in [1.54, 1.807) is 6.07 Å². The molecular formula is C21H21FN2O2. The molecule has 0 radical (unpaired) electrons. The Hall–Kier alpha value is -2.82. The van der Waals surface area contributed by atoms with E-state index in [4.69, 9.17) is 4.42 Å². The van der Waals surface area contributed by atoms with E-state index in [-0.39, 0.29) is 17.5 Å². The van der Waals surface area contributed by atoms with Crippen molar-refractivity contribution in [1.29, 1.82) is 0 Å². The maximum absolute atomic E-state index is 13.8. The largest absolute Gasteiger partial charge is 0.451 e. The predicted octanol–water partition coefficient (Wildman–Crippen LogP) is 5.12. The molecule has 1 amide bonds. The Morgan fingerprint density at radius 1 is 1.12 bits per heavy atom. The van der Waals surface area contributed by atoms with Crippen molar-refractivity contribution >= 4 is 28.3 Å². The Morgan fingerprint density at radius 3 is 2.65 bits per heavy atom. The summed E-state index contributed by atoms with van der Waals surface area (Å²) in [6.07, 6.45) is 3.42. The lowest BCUT2D eigenvalue weighted by Crippen LogP contribution is -2.30. The lowest BCUT2D eigenvalue weighted by Gasteiger charge is -2.30. The number of nitrogens with zero attached hydrogens (tertiary/aromatic N) is 1. The molecule has 3 aromatic rings. The molecule has 134 valence electrons. The van der Waals surface area contributed by atoms with Gasteiger partial charge in [0.2, 0.25) is 0 Å². The third kappa shape index (κ3) is 3.05. The zero-order valence-electron chi connectivity index (χ0n) is 14.7. The summed E-state index contributed by atoms with van der Waals surface area (Å²) in [5, 5.41) is 3.76. The minimum atomic E-state index is -0.373. The van der Waals surface area contributed by atoms with E-state index in [0.29, 0.717) is 11.3 Å². The molecule has 1 saturated heterocycles. The van der Waals surface area contributed by atoms with Gasteiger partial charge in [-0.25, -0.2) is 4.39 Å². The van der Waals surface area contributed by atoms with E-state index < -0.39 is 0 Å². The summed E-state index contributed by atoms with van der Waals surface area (Å²) >= 11 is 0. The van der Waals surface area contributed by atoms with Gasteiger partial charge in [-0.2, -0.15) is 0 Å². The molecule has 0 aliphatic carbocycles. The minimum absolute atomic E-state index is 0.264. The normalized spacial score (nSPS) is 14.6. The van der Waals surface area contributed by atoms with Crippen LogP contribution in [0.5, 0.6) is 0 Å². The average molecular weight is 352 g/mol. The molecule has 0 spiro atoms. The number of carbonyl (C=O) groups is 1. The van der Waals surface area contributed by atoms with E-state index in [1.165, 1.54) is 18.6 Å². The van der Waals surface area contributed by atoms with Gasteiger partial charge in [-0.1, -0.05) is 18.2 Å². The van der Waals surface area contributed by atoms with Crippen molar-refractivity contribution in [2.75, 3.05) is 23.3 Å². The van der Waals surface area contributed by atoms with Crippen molar-refractivity contribution in [1.82, 2.24) is 0 Å². The second-order valence-electron chi connectivity index (χ2n) is 6.72. The highest BCUT2D eigenvalue weighted by Crippen LogP contribution is 2.31. The molecule has 0 atom stereocenters. The predicted molar refractivity (Wildman–Crippen MR) is 101 cm³/mol. The van der Waals surface area contributed by atoms with Crippen LogP contribution in [-0.2, 0) is 0 Å². The lowest BCUT2D eigenvalue weighted by atomic mass is 10.1. The summed E-state index contributed by atoms with van der Waals surface area (Å²) in [6, 6.07) is 12.1. The third-order valence-electron chi connectivity index (χ3n) is 4.95. The number of rotatable bonds is 3. The summed E-state index contributed by atoms with van der Waals surface area (Å²) in [7, 11) is 0. The van der Waals surface area contributed by atoms with Gasteiger partial charge in [0.1, 0.15) is 11.4 Å². The second-order valence-corrected chi connectivity index (χ2v) is 6.72. The molecule has 1 aromatic heterocycles. The molecule has 0 bridgehead atoms. The highest BCUT2D eigenvalue weighted by atomic mass is 19.1. The maximum Gasteiger partial charge on any atom is 0.291 e. The number of anilines is 2. The Morgan fingerprint density at radius 2 is 1.88 bits per heavy atom. The van der Waals surface area contributed by atoms with Gasteiger partial charge in [-0.3, -0.25) is 4.79 Å². The fraction of sp³-hybridized carbons (Fsp3) is 0.286. The molecule has 2 aromatic carbocycles. The number of halogens is 1. The van der Waals surface area contributed by atoms with Crippen LogP contribution in [0.15, 0.2) is 46.9 Å². The number of piperidine rings is 1. The molecule has 26 heavy (non-hydrogen) atoms. The van der Waals surface area contributed by atoms with E-state index >= 15 is 0 Å². The summed E-state index contributed by atoms with van der Waals surface area (Å²) in [6.45, 7) is 3.69. The molecule has 1 N–H and O–H groups in total. The zero-order valence-corrected chi connectivity index (χ0v) is 14.7. The number of carbonyl (C=O) groups excluding carboxylic acids is 1. The molecule has 2 heterocycles. The van der Waals surface area contributed by atoms with Crippen LogP contribution in [0.1, 0.15) is 35.4 Å². The third-order valence-corrected chi connectivity index (χ3v) is 4.95. The average Bonchev–Trinajstić information content (AvgIpc) is 3.00. The first-order valence-electron chi connectivity index (χ1n) is 8.97. The molecule has 1 fully saturated rings. The SMILES string of the molecule is Cc1c(C(=O)Nc2cc(F)ccc2N2CCCCC2)oc2ccccc12. The molecular weight excluding hydrogens is 331 g/mol. The van der Waals surface area contributed by atoms with Crippen molar-refractivity contribution in [3.05, 3.63) is 59.6 Å².